The monoisotopic (exact) mass is 282 g/mol. The Morgan fingerprint density at radius 2 is 2.24 bits per heavy atom. The lowest BCUT2D eigenvalue weighted by atomic mass is 10.1. The van der Waals surface area contributed by atoms with E-state index in [-0.39, 0.29) is 0 Å². The van der Waals surface area contributed by atoms with Crippen LogP contribution in [0.4, 0.5) is 0 Å². The summed E-state index contributed by atoms with van der Waals surface area (Å²) in [5.41, 5.74) is 3.68. The van der Waals surface area contributed by atoms with Crippen molar-refractivity contribution in [3.05, 3.63) is 54.8 Å². The number of hydrogen-bond acceptors (Lipinski definition) is 3. The fourth-order valence-electron chi connectivity index (χ4n) is 2.33. The van der Waals surface area contributed by atoms with E-state index < -0.39 is 0 Å². The van der Waals surface area contributed by atoms with Crippen LogP contribution in [0.2, 0.25) is 0 Å². The maximum atomic E-state index is 4.31. The molecule has 0 radical (unpaired) electrons. The van der Waals surface area contributed by atoms with E-state index in [0.29, 0.717) is 5.92 Å². The number of aromatic nitrogens is 2. The molecule has 1 heterocycles. The van der Waals surface area contributed by atoms with E-state index in [1.54, 1.807) is 6.20 Å². The molecular weight excluding hydrogens is 260 g/mol. The highest BCUT2D eigenvalue weighted by atomic mass is 15.0. The molecule has 0 saturated carbocycles. The SMILES string of the molecule is C=N/C=C\NCC(C)Cn1cncc1-c1ccccc1C. The van der Waals surface area contributed by atoms with Gasteiger partial charge in [-0.2, -0.15) is 0 Å². The molecule has 1 atom stereocenters. The normalized spacial score (nSPS) is 12.5. The maximum Gasteiger partial charge on any atom is 0.0951 e. The molecule has 4 heteroatoms. The van der Waals surface area contributed by atoms with Gasteiger partial charge in [-0.3, -0.25) is 4.99 Å². The second-order valence-electron chi connectivity index (χ2n) is 5.26. The number of benzene rings is 1. The first-order chi connectivity index (χ1) is 10.2. The molecule has 2 aromatic rings. The maximum absolute atomic E-state index is 4.31. The molecule has 1 aromatic carbocycles. The molecule has 0 aliphatic heterocycles. The Morgan fingerprint density at radius 3 is 3.00 bits per heavy atom. The van der Waals surface area contributed by atoms with Crippen molar-refractivity contribution in [2.75, 3.05) is 6.54 Å². The molecular formula is C17H22N4. The Labute approximate surface area is 126 Å². The molecule has 21 heavy (non-hydrogen) atoms. The van der Waals surface area contributed by atoms with Crippen molar-refractivity contribution in [3.63, 3.8) is 0 Å². The minimum Gasteiger partial charge on any atom is -0.389 e. The minimum absolute atomic E-state index is 0.483. The lowest BCUT2D eigenvalue weighted by molar-refractivity contribution is 0.471. The number of aryl methyl sites for hydroxylation is 1. The van der Waals surface area contributed by atoms with E-state index >= 15 is 0 Å². The predicted molar refractivity (Wildman–Crippen MR) is 88.3 cm³/mol. The Balaban J connectivity index is 2.05. The first-order valence-electron chi connectivity index (χ1n) is 7.12. The molecule has 1 N–H and O–H groups in total. The first kappa shape index (κ1) is 15.0. The van der Waals surface area contributed by atoms with E-state index in [1.165, 1.54) is 16.8 Å². The van der Waals surface area contributed by atoms with Gasteiger partial charge in [0.2, 0.25) is 0 Å². The van der Waals surface area contributed by atoms with Gasteiger partial charge in [0.05, 0.1) is 18.2 Å². The van der Waals surface area contributed by atoms with Gasteiger partial charge in [0.25, 0.3) is 0 Å². The molecule has 0 bridgehead atoms. The minimum atomic E-state index is 0.483. The second kappa shape index (κ2) is 7.43. The van der Waals surface area contributed by atoms with Crippen LogP contribution in [-0.2, 0) is 6.54 Å². The van der Waals surface area contributed by atoms with Gasteiger partial charge in [0, 0.05) is 31.1 Å². The van der Waals surface area contributed by atoms with Gasteiger partial charge in [-0.15, -0.1) is 0 Å². The van der Waals surface area contributed by atoms with E-state index in [0.717, 1.165) is 13.1 Å². The number of imidazole rings is 1. The van der Waals surface area contributed by atoms with Crippen molar-refractivity contribution < 1.29 is 0 Å². The summed E-state index contributed by atoms with van der Waals surface area (Å²) >= 11 is 0. The van der Waals surface area contributed by atoms with E-state index in [9.17, 15) is 0 Å². The van der Waals surface area contributed by atoms with Crippen LogP contribution >= 0.6 is 0 Å². The zero-order chi connectivity index (χ0) is 15.1. The van der Waals surface area contributed by atoms with Crippen molar-refractivity contribution in [2.45, 2.75) is 20.4 Å². The number of rotatable bonds is 7. The molecule has 0 spiro atoms. The van der Waals surface area contributed by atoms with Crippen molar-refractivity contribution in [2.24, 2.45) is 10.9 Å². The highest BCUT2D eigenvalue weighted by Crippen LogP contribution is 2.23. The van der Waals surface area contributed by atoms with E-state index in [4.69, 9.17) is 0 Å². The van der Waals surface area contributed by atoms with Gasteiger partial charge in [0.15, 0.2) is 0 Å². The van der Waals surface area contributed by atoms with Gasteiger partial charge < -0.3 is 9.88 Å². The summed E-state index contributed by atoms with van der Waals surface area (Å²) in [5, 5.41) is 3.22. The van der Waals surface area contributed by atoms with Crippen molar-refractivity contribution >= 4 is 6.72 Å². The Morgan fingerprint density at radius 1 is 1.43 bits per heavy atom. The summed E-state index contributed by atoms with van der Waals surface area (Å²) in [7, 11) is 0. The summed E-state index contributed by atoms with van der Waals surface area (Å²) in [6.45, 7) is 9.55. The molecule has 0 aliphatic carbocycles. The third kappa shape index (κ3) is 4.05. The van der Waals surface area contributed by atoms with Gasteiger partial charge in [-0.05, 0) is 25.1 Å². The zero-order valence-corrected chi connectivity index (χ0v) is 12.7. The molecule has 0 fully saturated rings. The number of nitrogens with one attached hydrogen (secondary N) is 1. The van der Waals surface area contributed by atoms with E-state index in [2.05, 4.69) is 64.7 Å². The Bertz CT molecular complexity index is 613. The summed E-state index contributed by atoms with van der Waals surface area (Å²) in [5.74, 6) is 0.483. The fraction of sp³-hybridized carbons (Fsp3) is 0.294. The van der Waals surface area contributed by atoms with Crippen molar-refractivity contribution in [1.29, 1.82) is 0 Å². The Hall–Kier alpha value is -2.36. The number of aliphatic imine (C=N–C) groups is 1. The van der Waals surface area contributed by atoms with Crippen LogP contribution < -0.4 is 5.32 Å². The largest absolute Gasteiger partial charge is 0.389 e. The lowest BCUT2D eigenvalue weighted by Gasteiger charge is -2.15. The molecule has 0 amide bonds. The van der Waals surface area contributed by atoms with Gasteiger partial charge in [-0.1, -0.05) is 31.2 Å². The van der Waals surface area contributed by atoms with Gasteiger partial charge >= 0.3 is 0 Å². The fourth-order valence-corrected chi connectivity index (χ4v) is 2.33. The molecule has 1 aromatic heterocycles. The van der Waals surface area contributed by atoms with Crippen molar-refractivity contribution in [1.82, 2.24) is 14.9 Å². The summed E-state index contributed by atoms with van der Waals surface area (Å²) in [6, 6.07) is 8.40. The average molecular weight is 282 g/mol. The van der Waals surface area contributed by atoms with Crippen LogP contribution in [0.5, 0.6) is 0 Å². The quantitative estimate of drug-likeness (QED) is 0.792. The summed E-state index contributed by atoms with van der Waals surface area (Å²) < 4.78 is 2.21. The van der Waals surface area contributed by atoms with Gasteiger partial charge in [0.1, 0.15) is 0 Å². The van der Waals surface area contributed by atoms with Crippen molar-refractivity contribution in [3.8, 4) is 11.3 Å². The van der Waals surface area contributed by atoms with Crippen LogP contribution in [0.1, 0.15) is 12.5 Å². The number of hydrogen-bond donors (Lipinski definition) is 1. The smallest absolute Gasteiger partial charge is 0.0951 e. The summed E-state index contributed by atoms with van der Waals surface area (Å²) in [6.07, 6.45) is 7.31. The van der Waals surface area contributed by atoms with Crippen LogP contribution in [0.15, 0.2) is 54.2 Å². The lowest BCUT2D eigenvalue weighted by Crippen LogP contribution is -2.20. The second-order valence-corrected chi connectivity index (χ2v) is 5.26. The van der Waals surface area contributed by atoms with Crippen LogP contribution in [0, 0.1) is 12.8 Å². The number of nitrogens with zero attached hydrogens (tertiary/aromatic N) is 3. The average Bonchev–Trinajstić information content (AvgIpc) is 2.92. The molecule has 110 valence electrons. The van der Waals surface area contributed by atoms with E-state index in [1.807, 2.05) is 18.7 Å². The molecule has 0 aliphatic rings. The predicted octanol–water partition coefficient (Wildman–Crippen LogP) is 3.26. The summed E-state index contributed by atoms with van der Waals surface area (Å²) in [4.78, 5) is 7.97. The molecule has 1 unspecified atom stereocenters. The van der Waals surface area contributed by atoms with Crippen LogP contribution in [0.3, 0.4) is 0 Å². The third-order valence-corrected chi connectivity index (χ3v) is 3.41. The topological polar surface area (TPSA) is 42.2 Å². The Kier molecular flexibility index (Phi) is 5.32. The van der Waals surface area contributed by atoms with Gasteiger partial charge in [-0.25, -0.2) is 4.98 Å². The van der Waals surface area contributed by atoms with Crippen LogP contribution in [-0.4, -0.2) is 22.8 Å². The highest BCUT2D eigenvalue weighted by Gasteiger charge is 2.10. The molecule has 4 nitrogen and oxygen atoms in total. The molecule has 2 rings (SSSR count). The highest BCUT2D eigenvalue weighted by molar-refractivity contribution is 5.63. The first-order valence-corrected chi connectivity index (χ1v) is 7.12. The standard InChI is InChI=1S/C17H22N4/c1-14(10-19-9-8-18-3)12-21-13-20-11-17(21)16-7-5-4-6-15(16)2/h4-9,11,13-14,19H,3,10,12H2,1-2H3/b9-8-. The third-order valence-electron chi connectivity index (χ3n) is 3.41. The molecule has 0 saturated heterocycles. The zero-order valence-electron chi connectivity index (χ0n) is 12.7. The van der Waals surface area contributed by atoms with Crippen LogP contribution in [0.25, 0.3) is 11.3 Å².